The summed E-state index contributed by atoms with van der Waals surface area (Å²) >= 11 is 0. The molecule has 12 nitrogen and oxygen atoms in total. The summed E-state index contributed by atoms with van der Waals surface area (Å²) in [4.78, 5) is 62.0. The number of pyridine rings is 2. The highest BCUT2D eigenvalue weighted by Crippen LogP contribution is 2.42. The average Bonchev–Trinajstić information content (AvgIpc) is 3.42. The Morgan fingerprint density at radius 1 is 1.09 bits per heavy atom. The quantitative estimate of drug-likeness (QED) is 0.199. The summed E-state index contributed by atoms with van der Waals surface area (Å²) in [5.41, 5.74) is 2.17. The first-order chi connectivity index (χ1) is 22.7. The molecule has 0 bridgehead atoms. The standard InChI is InChI=1S/C35H43N5O7/c1-5-7-8-9-10-30(41)47-35(6-2)26-18-28-31-22(19-40(28)32(42)25(26)21-45-33(35)43)17-23-24(20-38(3)4)29(12-11-27(23)37-31)46-34(44)39-15-13-36-14-16-39/h11-12,17-18,36H,5-10,13-16,19-21H2,1-4H3. The molecule has 0 aliphatic carbocycles. The third-order valence-electron chi connectivity index (χ3n) is 9.30. The van der Waals surface area contributed by atoms with Crippen molar-refractivity contribution < 1.29 is 28.6 Å². The van der Waals surface area contributed by atoms with E-state index in [4.69, 9.17) is 19.2 Å². The Bertz CT molecular complexity index is 1780. The van der Waals surface area contributed by atoms with Crippen LogP contribution in [0.4, 0.5) is 4.79 Å². The van der Waals surface area contributed by atoms with Gasteiger partial charge in [-0.15, -0.1) is 0 Å². The van der Waals surface area contributed by atoms with Crippen LogP contribution in [0.3, 0.4) is 0 Å². The number of carbonyl (C=O) groups is 3. The summed E-state index contributed by atoms with van der Waals surface area (Å²) in [6.07, 6.45) is 3.54. The zero-order valence-corrected chi connectivity index (χ0v) is 27.6. The summed E-state index contributed by atoms with van der Waals surface area (Å²) in [6.45, 7) is 7.04. The number of piperazine rings is 1. The highest BCUT2D eigenvalue weighted by molar-refractivity contribution is 5.90. The van der Waals surface area contributed by atoms with Gasteiger partial charge in [-0.25, -0.2) is 14.6 Å². The molecule has 250 valence electrons. The van der Waals surface area contributed by atoms with E-state index >= 15 is 0 Å². The van der Waals surface area contributed by atoms with E-state index in [1.807, 2.05) is 31.1 Å². The lowest BCUT2D eigenvalue weighted by molar-refractivity contribution is -0.189. The van der Waals surface area contributed by atoms with Gasteiger partial charge in [-0.1, -0.05) is 33.1 Å². The smallest absolute Gasteiger partial charge is 0.415 e. The van der Waals surface area contributed by atoms with Crippen LogP contribution in [-0.2, 0) is 44.4 Å². The maximum absolute atomic E-state index is 14.0. The zero-order valence-electron chi connectivity index (χ0n) is 27.6. The number of unbranched alkanes of at least 4 members (excludes halogenated alkanes) is 3. The number of esters is 2. The minimum Gasteiger partial charge on any atom is -0.457 e. The number of cyclic esters (lactones) is 1. The fraction of sp³-hybridized carbons (Fsp3) is 0.514. The van der Waals surface area contributed by atoms with E-state index in [9.17, 15) is 19.2 Å². The average molecular weight is 646 g/mol. The van der Waals surface area contributed by atoms with E-state index in [0.29, 0.717) is 59.8 Å². The lowest BCUT2D eigenvalue weighted by Crippen LogP contribution is -2.47. The lowest BCUT2D eigenvalue weighted by atomic mass is 9.85. The lowest BCUT2D eigenvalue weighted by Gasteiger charge is -2.35. The van der Waals surface area contributed by atoms with Crippen LogP contribution in [0, 0.1) is 0 Å². The Morgan fingerprint density at radius 3 is 2.60 bits per heavy atom. The van der Waals surface area contributed by atoms with Crippen LogP contribution < -0.4 is 15.6 Å². The Hall–Kier alpha value is -4.29. The molecule has 1 atom stereocenters. The predicted molar refractivity (Wildman–Crippen MR) is 175 cm³/mol. The van der Waals surface area contributed by atoms with Crippen molar-refractivity contribution >= 4 is 28.9 Å². The third kappa shape index (κ3) is 6.12. The molecule has 0 saturated carbocycles. The van der Waals surface area contributed by atoms with Gasteiger partial charge in [0.15, 0.2) is 0 Å². The molecule has 1 fully saturated rings. The van der Waals surface area contributed by atoms with Crippen molar-refractivity contribution in [3.63, 3.8) is 0 Å². The number of nitrogens with zero attached hydrogens (tertiary/aromatic N) is 4. The van der Waals surface area contributed by atoms with Crippen LogP contribution >= 0.6 is 0 Å². The van der Waals surface area contributed by atoms with Gasteiger partial charge in [0.05, 0.1) is 29.0 Å². The van der Waals surface area contributed by atoms with Crippen LogP contribution in [0.15, 0.2) is 29.1 Å². The second-order valence-corrected chi connectivity index (χ2v) is 12.8. The van der Waals surface area contributed by atoms with Gasteiger partial charge in [-0.05, 0) is 51.2 Å². The third-order valence-corrected chi connectivity index (χ3v) is 9.30. The van der Waals surface area contributed by atoms with Gasteiger partial charge in [0.2, 0.25) is 5.60 Å². The van der Waals surface area contributed by atoms with Crippen LogP contribution in [0.2, 0.25) is 0 Å². The van der Waals surface area contributed by atoms with Crippen LogP contribution in [0.5, 0.6) is 5.75 Å². The molecule has 0 radical (unpaired) electrons. The number of hydrogen-bond donors (Lipinski definition) is 1. The van der Waals surface area contributed by atoms with Gasteiger partial charge >= 0.3 is 18.0 Å². The van der Waals surface area contributed by atoms with Crippen LogP contribution in [-0.4, -0.2) is 77.7 Å². The largest absolute Gasteiger partial charge is 0.457 e. The van der Waals surface area contributed by atoms with Gasteiger partial charge in [0.25, 0.3) is 5.56 Å². The number of amides is 1. The van der Waals surface area contributed by atoms with Gasteiger partial charge in [-0.2, -0.15) is 0 Å². The highest BCUT2D eigenvalue weighted by atomic mass is 16.6. The molecule has 2 aromatic heterocycles. The van der Waals surface area contributed by atoms with Crippen molar-refractivity contribution in [1.29, 1.82) is 0 Å². The summed E-state index contributed by atoms with van der Waals surface area (Å²) in [5.74, 6) is -0.682. The van der Waals surface area contributed by atoms with Crippen molar-refractivity contribution in [3.05, 3.63) is 56.9 Å². The molecule has 47 heavy (non-hydrogen) atoms. The normalized spacial score (nSPS) is 18.5. The van der Waals surface area contributed by atoms with Gasteiger partial charge < -0.3 is 33.9 Å². The van der Waals surface area contributed by atoms with Gasteiger partial charge in [0.1, 0.15) is 12.4 Å². The number of ether oxygens (including phenoxy) is 3. The Labute approximate surface area is 274 Å². The molecular formula is C35H43N5O7. The monoisotopic (exact) mass is 645 g/mol. The summed E-state index contributed by atoms with van der Waals surface area (Å²) in [5, 5.41) is 4.07. The highest BCUT2D eigenvalue weighted by Gasteiger charge is 2.50. The van der Waals surface area contributed by atoms with E-state index in [1.165, 1.54) is 0 Å². The van der Waals surface area contributed by atoms with Gasteiger partial charge in [0, 0.05) is 61.2 Å². The molecule has 1 N–H and O–H groups in total. The molecule has 0 spiro atoms. The number of rotatable bonds is 10. The number of fused-ring (bicyclic) bond motifs is 5. The Balaban J connectivity index is 1.39. The van der Waals surface area contributed by atoms with Crippen molar-refractivity contribution in [3.8, 4) is 17.1 Å². The fourth-order valence-electron chi connectivity index (χ4n) is 6.77. The van der Waals surface area contributed by atoms with E-state index in [2.05, 4.69) is 12.2 Å². The molecule has 1 saturated heterocycles. The minimum absolute atomic E-state index is 0.129. The maximum Gasteiger partial charge on any atom is 0.415 e. The summed E-state index contributed by atoms with van der Waals surface area (Å²) in [7, 11) is 3.89. The minimum atomic E-state index is -1.70. The Morgan fingerprint density at radius 2 is 1.87 bits per heavy atom. The second kappa shape index (κ2) is 13.4. The van der Waals surface area contributed by atoms with Crippen molar-refractivity contribution in [2.75, 3.05) is 40.3 Å². The zero-order chi connectivity index (χ0) is 33.3. The molecule has 5 heterocycles. The van der Waals surface area contributed by atoms with Crippen LogP contribution in [0.25, 0.3) is 22.3 Å². The molecule has 3 aliphatic heterocycles. The first-order valence-corrected chi connectivity index (χ1v) is 16.6. The topological polar surface area (TPSA) is 132 Å². The molecule has 3 aliphatic rings. The molecule has 1 amide bonds. The first-order valence-electron chi connectivity index (χ1n) is 16.6. The summed E-state index contributed by atoms with van der Waals surface area (Å²) < 4.78 is 19.0. The van der Waals surface area contributed by atoms with Gasteiger partial charge in [-0.3, -0.25) is 9.59 Å². The van der Waals surface area contributed by atoms with E-state index < -0.39 is 17.5 Å². The van der Waals surface area contributed by atoms with Crippen molar-refractivity contribution in [1.82, 2.24) is 24.7 Å². The number of hydrogen-bond acceptors (Lipinski definition) is 10. The van der Waals surface area contributed by atoms with E-state index in [1.54, 1.807) is 28.5 Å². The predicted octanol–water partition coefficient (Wildman–Crippen LogP) is 4.07. The van der Waals surface area contributed by atoms with E-state index in [0.717, 1.165) is 48.9 Å². The van der Waals surface area contributed by atoms with Crippen LogP contribution in [0.1, 0.15) is 74.6 Å². The van der Waals surface area contributed by atoms with E-state index in [-0.39, 0.29) is 37.6 Å². The number of carbonyl (C=O) groups excluding carboxylic acids is 3. The van der Waals surface area contributed by atoms with Crippen molar-refractivity contribution in [2.24, 2.45) is 0 Å². The number of nitrogens with one attached hydrogen (secondary N) is 1. The Kier molecular flexibility index (Phi) is 9.34. The number of aromatic nitrogens is 2. The number of benzene rings is 1. The first kappa shape index (κ1) is 32.6. The molecule has 6 rings (SSSR count). The molecular weight excluding hydrogens is 602 g/mol. The molecule has 1 unspecified atom stereocenters. The fourth-order valence-corrected chi connectivity index (χ4v) is 6.77. The second-order valence-electron chi connectivity index (χ2n) is 12.8. The maximum atomic E-state index is 14.0. The molecule has 3 aromatic rings. The molecule has 1 aromatic carbocycles. The summed E-state index contributed by atoms with van der Waals surface area (Å²) in [6, 6.07) is 7.38. The molecule has 12 heteroatoms. The SMILES string of the molecule is CCCCCCC(=O)OC1(CC)C(=O)OCc2c1cc1n(c2=O)Cc2cc3c(CN(C)C)c(OC(=O)N4CCNCC4)ccc3nc2-1. The van der Waals surface area contributed by atoms with Crippen molar-refractivity contribution in [2.45, 2.75) is 77.7 Å².